The molecule has 21 heavy (non-hydrogen) atoms. The second kappa shape index (κ2) is 7.59. The highest BCUT2D eigenvalue weighted by atomic mass is 35.5. The molecule has 0 amide bonds. The molecule has 6 heteroatoms. The molecule has 0 atom stereocenters. The predicted molar refractivity (Wildman–Crippen MR) is 90.8 cm³/mol. The molecule has 0 aliphatic carbocycles. The van der Waals surface area contributed by atoms with E-state index in [9.17, 15) is 4.39 Å². The zero-order valence-electron chi connectivity index (χ0n) is 11.0. The van der Waals surface area contributed by atoms with Crippen LogP contribution in [-0.2, 0) is 6.42 Å². The highest BCUT2D eigenvalue weighted by molar-refractivity contribution is 7.80. The van der Waals surface area contributed by atoms with Gasteiger partial charge < -0.3 is 10.6 Å². The predicted octanol–water partition coefficient (Wildman–Crippen LogP) is 4.66. The number of rotatable bonds is 4. The lowest BCUT2D eigenvalue weighted by atomic mass is 10.1. The van der Waals surface area contributed by atoms with E-state index in [2.05, 4.69) is 10.6 Å². The monoisotopic (exact) mass is 342 g/mol. The van der Waals surface area contributed by atoms with Crippen LogP contribution in [-0.4, -0.2) is 11.7 Å². The van der Waals surface area contributed by atoms with Crippen molar-refractivity contribution < 1.29 is 4.39 Å². The van der Waals surface area contributed by atoms with Crippen LogP contribution in [0.1, 0.15) is 5.56 Å². The van der Waals surface area contributed by atoms with E-state index in [0.29, 0.717) is 22.4 Å². The molecule has 0 saturated carbocycles. The van der Waals surface area contributed by atoms with Gasteiger partial charge in [-0.25, -0.2) is 4.39 Å². The second-order valence-corrected chi connectivity index (χ2v) is 5.64. The lowest BCUT2D eigenvalue weighted by molar-refractivity contribution is 0.628. The highest BCUT2D eigenvalue weighted by Gasteiger charge is 2.02. The van der Waals surface area contributed by atoms with Gasteiger partial charge in [-0.3, -0.25) is 0 Å². The third kappa shape index (κ3) is 5.16. The van der Waals surface area contributed by atoms with E-state index in [0.717, 1.165) is 12.0 Å². The van der Waals surface area contributed by atoms with Gasteiger partial charge in [-0.15, -0.1) is 0 Å². The Labute approximate surface area is 138 Å². The van der Waals surface area contributed by atoms with Crippen molar-refractivity contribution in [3.63, 3.8) is 0 Å². The normalized spacial score (nSPS) is 10.2. The Morgan fingerprint density at radius 2 is 1.95 bits per heavy atom. The van der Waals surface area contributed by atoms with Crippen LogP contribution in [0, 0.1) is 5.82 Å². The lowest BCUT2D eigenvalue weighted by Gasteiger charge is -2.11. The maximum absolute atomic E-state index is 13.0. The van der Waals surface area contributed by atoms with Crippen molar-refractivity contribution in [1.82, 2.24) is 5.32 Å². The van der Waals surface area contributed by atoms with Crippen molar-refractivity contribution >= 4 is 46.2 Å². The van der Waals surface area contributed by atoms with Crippen molar-refractivity contribution in [3.8, 4) is 0 Å². The van der Waals surface area contributed by atoms with Crippen LogP contribution >= 0.6 is 35.4 Å². The quantitative estimate of drug-likeness (QED) is 0.790. The number of nitrogens with one attached hydrogen (secondary N) is 2. The van der Waals surface area contributed by atoms with E-state index in [-0.39, 0.29) is 5.02 Å². The minimum Gasteiger partial charge on any atom is -0.362 e. The molecule has 2 aromatic rings. The standard InChI is InChI=1S/C15H13Cl2FN2S/c16-11-3-1-2-10(8-11)6-7-19-15(21)20-12-4-5-14(18)13(17)9-12/h1-5,8-9H,6-7H2,(H2,19,20,21). The molecule has 0 saturated heterocycles. The number of thiocarbonyl (C=S) groups is 1. The fourth-order valence-electron chi connectivity index (χ4n) is 1.76. The minimum absolute atomic E-state index is 0.0572. The van der Waals surface area contributed by atoms with Crippen molar-refractivity contribution in [1.29, 1.82) is 0 Å². The largest absolute Gasteiger partial charge is 0.362 e. The molecule has 0 unspecified atom stereocenters. The maximum Gasteiger partial charge on any atom is 0.170 e. The fourth-order valence-corrected chi connectivity index (χ4v) is 2.38. The van der Waals surface area contributed by atoms with Crippen LogP contribution in [0.25, 0.3) is 0 Å². The van der Waals surface area contributed by atoms with Gasteiger partial charge in [-0.1, -0.05) is 35.3 Å². The van der Waals surface area contributed by atoms with Crippen molar-refractivity contribution in [2.45, 2.75) is 6.42 Å². The van der Waals surface area contributed by atoms with Gasteiger partial charge in [0.2, 0.25) is 0 Å². The first-order valence-electron chi connectivity index (χ1n) is 6.29. The number of anilines is 1. The van der Waals surface area contributed by atoms with Gasteiger partial charge in [-0.05, 0) is 54.5 Å². The first-order valence-corrected chi connectivity index (χ1v) is 7.45. The molecule has 0 aromatic heterocycles. The van der Waals surface area contributed by atoms with Gasteiger partial charge in [0.15, 0.2) is 5.11 Å². The summed E-state index contributed by atoms with van der Waals surface area (Å²) < 4.78 is 13.0. The highest BCUT2D eigenvalue weighted by Crippen LogP contribution is 2.19. The summed E-state index contributed by atoms with van der Waals surface area (Å²) >= 11 is 16.8. The van der Waals surface area contributed by atoms with Gasteiger partial charge in [0.05, 0.1) is 5.02 Å². The SMILES string of the molecule is Fc1ccc(NC(=S)NCCc2cccc(Cl)c2)cc1Cl. The van der Waals surface area contributed by atoms with Gasteiger partial charge >= 0.3 is 0 Å². The molecule has 2 nitrogen and oxygen atoms in total. The van der Waals surface area contributed by atoms with Gasteiger partial charge in [0, 0.05) is 17.3 Å². The minimum atomic E-state index is -0.456. The number of benzene rings is 2. The van der Waals surface area contributed by atoms with Crippen LogP contribution in [0.3, 0.4) is 0 Å². The smallest absolute Gasteiger partial charge is 0.170 e. The first kappa shape index (κ1) is 16.0. The summed E-state index contributed by atoms with van der Waals surface area (Å²) in [5.74, 6) is -0.456. The summed E-state index contributed by atoms with van der Waals surface area (Å²) in [6.45, 7) is 0.668. The summed E-state index contributed by atoms with van der Waals surface area (Å²) in [5, 5.41) is 7.26. The molecule has 0 radical (unpaired) electrons. The van der Waals surface area contributed by atoms with Crippen molar-refractivity contribution in [2.75, 3.05) is 11.9 Å². The third-order valence-electron chi connectivity index (χ3n) is 2.77. The number of hydrogen-bond donors (Lipinski definition) is 2. The van der Waals surface area contributed by atoms with E-state index in [1.807, 2.05) is 24.3 Å². The summed E-state index contributed by atoms with van der Waals surface area (Å²) in [4.78, 5) is 0. The molecule has 2 aromatic carbocycles. The van der Waals surface area contributed by atoms with Crippen LogP contribution in [0.15, 0.2) is 42.5 Å². The molecule has 2 rings (SSSR count). The maximum atomic E-state index is 13.0. The molecule has 0 fully saturated rings. The lowest BCUT2D eigenvalue weighted by Crippen LogP contribution is -2.30. The summed E-state index contributed by atoms with van der Waals surface area (Å²) in [6.07, 6.45) is 0.798. The number of hydrogen-bond acceptors (Lipinski definition) is 1. The molecule has 0 heterocycles. The Bertz CT molecular complexity index is 649. The molecule has 110 valence electrons. The average Bonchev–Trinajstić information content (AvgIpc) is 2.43. The van der Waals surface area contributed by atoms with Crippen LogP contribution in [0.2, 0.25) is 10.0 Å². The Kier molecular flexibility index (Phi) is 5.79. The Morgan fingerprint density at radius 1 is 1.14 bits per heavy atom. The molecule has 2 N–H and O–H groups in total. The Morgan fingerprint density at radius 3 is 2.67 bits per heavy atom. The van der Waals surface area contributed by atoms with Crippen molar-refractivity contribution in [3.05, 3.63) is 63.9 Å². The van der Waals surface area contributed by atoms with E-state index < -0.39 is 5.82 Å². The molecule has 0 spiro atoms. The van der Waals surface area contributed by atoms with E-state index in [4.69, 9.17) is 35.4 Å². The summed E-state index contributed by atoms with van der Waals surface area (Å²) in [5.41, 5.74) is 1.77. The van der Waals surface area contributed by atoms with Gasteiger partial charge in [0.25, 0.3) is 0 Å². The molecule has 0 aliphatic heterocycles. The van der Waals surface area contributed by atoms with Crippen LogP contribution in [0.5, 0.6) is 0 Å². The van der Waals surface area contributed by atoms with Gasteiger partial charge in [0.1, 0.15) is 5.82 Å². The summed E-state index contributed by atoms with van der Waals surface area (Å²) in [6, 6.07) is 12.0. The Balaban J connectivity index is 1.81. The van der Waals surface area contributed by atoms with Gasteiger partial charge in [-0.2, -0.15) is 0 Å². The van der Waals surface area contributed by atoms with E-state index >= 15 is 0 Å². The molecular weight excluding hydrogens is 330 g/mol. The molecule has 0 bridgehead atoms. The third-order valence-corrected chi connectivity index (χ3v) is 3.54. The number of halogens is 3. The molecule has 0 aliphatic rings. The van der Waals surface area contributed by atoms with Crippen LogP contribution in [0.4, 0.5) is 10.1 Å². The second-order valence-electron chi connectivity index (χ2n) is 4.39. The van der Waals surface area contributed by atoms with E-state index in [1.165, 1.54) is 12.1 Å². The first-order chi connectivity index (χ1) is 10.0. The fraction of sp³-hybridized carbons (Fsp3) is 0.133. The van der Waals surface area contributed by atoms with Crippen molar-refractivity contribution in [2.24, 2.45) is 0 Å². The van der Waals surface area contributed by atoms with Crippen LogP contribution < -0.4 is 10.6 Å². The average molecular weight is 343 g/mol. The summed E-state index contributed by atoms with van der Waals surface area (Å²) in [7, 11) is 0. The topological polar surface area (TPSA) is 24.1 Å². The van der Waals surface area contributed by atoms with E-state index in [1.54, 1.807) is 6.07 Å². The Hall–Kier alpha value is -1.36. The zero-order valence-corrected chi connectivity index (χ0v) is 13.3. The zero-order chi connectivity index (χ0) is 15.2. The molecular formula is C15H13Cl2FN2S.